The first kappa shape index (κ1) is 11.9. The van der Waals surface area contributed by atoms with Crippen LogP contribution in [0.3, 0.4) is 0 Å². The van der Waals surface area contributed by atoms with Crippen LogP contribution in [0.2, 0.25) is 0 Å². The Bertz CT molecular complexity index is 539. The molecule has 2 nitrogen and oxygen atoms in total. The standard InChI is InChI=1S/C15H19NO/c1-4-11(10(3)17)15-12-8-6-7-9-14(12)16-13(15)5-2/h6-9,11,16H,4-5H2,1-3H3. The summed E-state index contributed by atoms with van der Waals surface area (Å²) in [6, 6.07) is 8.24. The third kappa shape index (κ3) is 1.99. The second kappa shape index (κ2) is 4.74. The Labute approximate surface area is 102 Å². The average Bonchev–Trinajstić information content (AvgIpc) is 2.69. The Morgan fingerprint density at radius 3 is 2.59 bits per heavy atom. The molecule has 0 amide bonds. The average molecular weight is 229 g/mol. The van der Waals surface area contributed by atoms with Crippen LogP contribution in [0.15, 0.2) is 24.3 Å². The number of ketones is 1. The lowest BCUT2D eigenvalue weighted by Gasteiger charge is -2.12. The fourth-order valence-corrected chi connectivity index (χ4v) is 2.59. The third-order valence-corrected chi connectivity index (χ3v) is 3.43. The molecule has 1 aromatic carbocycles. The lowest BCUT2D eigenvalue weighted by Crippen LogP contribution is -2.09. The zero-order valence-electron chi connectivity index (χ0n) is 10.7. The first-order valence-electron chi connectivity index (χ1n) is 6.28. The minimum Gasteiger partial charge on any atom is -0.358 e. The molecular weight excluding hydrogens is 210 g/mol. The van der Waals surface area contributed by atoms with Crippen molar-refractivity contribution < 1.29 is 4.79 Å². The maximum atomic E-state index is 11.8. The molecule has 0 saturated heterocycles. The van der Waals surface area contributed by atoms with E-state index in [4.69, 9.17) is 0 Å². The molecule has 0 bridgehead atoms. The largest absolute Gasteiger partial charge is 0.358 e. The highest BCUT2D eigenvalue weighted by molar-refractivity contribution is 5.93. The van der Waals surface area contributed by atoms with Crippen LogP contribution in [0.5, 0.6) is 0 Å². The first-order valence-corrected chi connectivity index (χ1v) is 6.28. The van der Waals surface area contributed by atoms with Crippen molar-refractivity contribution in [3.05, 3.63) is 35.5 Å². The minimum atomic E-state index is 0.0288. The highest BCUT2D eigenvalue weighted by Gasteiger charge is 2.21. The molecule has 17 heavy (non-hydrogen) atoms. The molecule has 2 aromatic rings. The van der Waals surface area contributed by atoms with Gasteiger partial charge in [0.05, 0.1) is 0 Å². The molecule has 0 aliphatic carbocycles. The molecule has 0 spiro atoms. The van der Waals surface area contributed by atoms with E-state index < -0.39 is 0 Å². The Morgan fingerprint density at radius 1 is 1.29 bits per heavy atom. The van der Waals surface area contributed by atoms with E-state index in [2.05, 4.69) is 31.0 Å². The highest BCUT2D eigenvalue weighted by atomic mass is 16.1. The number of para-hydroxylation sites is 1. The van der Waals surface area contributed by atoms with E-state index in [1.54, 1.807) is 6.92 Å². The molecule has 1 N–H and O–H groups in total. The number of aromatic amines is 1. The monoisotopic (exact) mass is 229 g/mol. The van der Waals surface area contributed by atoms with Crippen molar-refractivity contribution in [1.82, 2.24) is 4.98 Å². The number of aryl methyl sites for hydroxylation is 1. The lowest BCUT2D eigenvalue weighted by molar-refractivity contribution is -0.118. The molecule has 0 radical (unpaired) electrons. The van der Waals surface area contributed by atoms with Gasteiger partial charge in [0, 0.05) is 22.5 Å². The number of aromatic nitrogens is 1. The van der Waals surface area contributed by atoms with Gasteiger partial charge in [-0.15, -0.1) is 0 Å². The van der Waals surface area contributed by atoms with Gasteiger partial charge in [-0.05, 0) is 31.4 Å². The second-order valence-electron chi connectivity index (χ2n) is 4.49. The molecule has 1 unspecified atom stereocenters. The number of hydrogen-bond acceptors (Lipinski definition) is 1. The van der Waals surface area contributed by atoms with Gasteiger partial charge in [0.1, 0.15) is 5.78 Å². The molecule has 1 heterocycles. The van der Waals surface area contributed by atoms with Gasteiger partial charge in [0.25, 0.3) is 0 Å². The van der Waals surface area contributed by atoms with Crippen molar-refractivity contribution in [3.63, 3.8) is 0 Å². The van der Waals surface area contributed by atoms with Crippen molar-refractivity contribution in [2.24, 2.45) is 0 Å². The summed E-state index contributed by atoms with van der Waals surface area (Å²) in [4.78, 5) is 15.2. The van der Waals surface area contributed by atoms with Crippen molar-refractivity contribution in [3.8, 4) is 0 Å². The van der Waals surface area contributed by atoms with E-state index in [-0.39, 0.29) is 11.7 Å². The SMILES string of the molecule is CCc1[nH]c2ccccc2c1C(CC)C(C)=O. The van der Waals surface area contributed by atoms with Crippen LogP contribution < -0.4 is 0 Å². The van der Waals surface area contributed by atoms with Crippen molar-refractivity contribution in [1.29, 1.82) is 0 Å². The Kier molecular flexibility index (Phi) is 3.32. The topological polar surface area (TPSA) is 32.9 Å². The van der Waals surface area contributed by atoms with Crippen LogP contribution in [0, 0.1) is 0 Å². The van der Waals surface area contributed by atoms with Crippen LogP contribution in [-0.2, 0) is 11.2 Å². The van der Waals surface area contributed by atoms with Gasteiger partial charge in [0.15, 0.2) is 0 Å². The highest BCUT2D eigenvalue weighted by Crippen LogP contribution is 2.32. The molecular formula is C15H19NO. The summed E-state index contributed by atoms with van der Waals surface area (Å²) < 4.78 is 0. The summed E-state index contributed by atoms with van der Waals surface area (Å²) in [5.74, 6) is 0.285. The normalized spacial score (nSPS) is 12.9. The fraction of sp³-hybridized carbons (Fsp3) is 0.400. The molecule has 2 heteroatoms. The van der Waals surface area contributed by atoms with Crippen molar-refractivity contribution in [2.45, 2.75) is 39.5 Å². The van der Waals surface area contributed by atoms with Gasteiger partial charge in [0.2, 0.25) is 0 Å². The van der Waals surface area contributed by atoms with Crippen LogP contribution >= 0.6 is 0 Å². The third-order valence-electron chi connectivity index (χ3n) is 3.43. The number of H-pyrrole nitrogens is 1. The summed E-state index contributed by atoms with van der Waals surface area (Å²) >= 11 is 0. The minimum absolute atomic E-state index is 0.0288. The molecule has 0 fully saturated rings. The van der Waals surface area contributed by atoms with E-state index in [1.165, 1.54) is 16.6 Å². The van der Waals surface area contributed by atoms with Gasteiger partial charge in [-0.1, -0.05) is 32.0 Å². The molecule has 0 aliphatic heterocycles. The summed E-state index contributed by atoms with van der Waals surface area (Å²) in [6.45, 7) is 5.89. The predicted octanol–water partition coefficient (Wildman–Crippen LogP) is 3.81. The number of Topliss-reactive ketones (excluding diaryl/α,β-unsaturated/α-hetero) is 1. The molecule has 90 valence electrons. The van der Waals surface area contributed by atoms with Crippen LogP contribution in [0.1, 0.15) is 44.4 Å². The number of hydrogen-bond donors (Lipinski definition) is 1. The smallest absolute Gasteiger partial charge is 0.137 e. The van der Waals surface area contributed by atoms with Gasteiger partial charge in [-0.25, -0.2) is 0 Å². The maximum absolute atomic E-state index is 11.8. The number of carbonyl (C=O) groups is 1. The first-order chi connectivity index (χ1) is 8.19. The van der Waals surface area contributed by atoms with E-state index in [1.807, 2.05) is 12.1 Å². The van der Waals surface area contributed by atoms with Gasteiger partial charge < -0.3 is 4.98 Å². The van der Waals surface area contributed by atoms with Crippen LogP contribution in [0.4, 0.5) is 0 Å². The zero-order valence-corrected chi connectivity index (χ0v) is 10.7. The van der Waals surface area contributed by atoms with E-state index in [9.17, 15) is 4.79 Å². The van der Waals surface area contributed by atoms with Gasteiger partial charge in [-0.3, -0.25) is 4.79 Å². The number of carbonyl (C=O) groups excluding carboxylic acids is 1. The van der Waals surface area contributed by atoms with Gasteiger partial charge >= 0.3 is 0 Å². The van der Waals surface area contributed by atoms with E-state index in [0.717, 1.165) is 18.4 Å². The van der Waals surface area contributed by atoms with E-state index in [0.29, 0.717) is 0 Å². The van der Waals surface area contributed by atoms with Crippen molar-refractivity contribution >= 4 is 16.7 Å². The van der Waals surface area contributed by atoms with Gasteiger partial charge in [-0.2, -0.15) is 0 Å². The fourth-order valence-electron chi connectivity index (χ4n) is 2.59. The summed E-state index contributed by atoms with van der Waals surface area (Å²) in [7, 11) is 0. The molecule has 1 aromatic heterocycles. The number of nitrogens with one attached hydrogen (secondary N) is 1. The Hall–Kier alpha value is -1.57. The summed E-state index contributed by atoms with van der Waals surface area (Å²) in [5.41, 5.74) is 3.55. The Morgan fingerprint density at radius 2 is 2.00 bits per heavy atom. The van der Waals surface area contributed by atoms with E-state index >= 15 is 0 Å². The lowest BCUT2D eigenvalue weighted by atomic mass is 9.90. The quantitative estimate of drug-likeness (QED) is 0.849. The molecule has 1 atom stereocenters. The van der Waals surface area contributed by atoms with Crippen LogP contribution in [0.25, 0.3) is 10.9 Å². The van der Waals surface area contributed by atoms with Crippen LogP contribution in [-0.4, -0.2) is 10.8 Å². The number of fused-ring (bicyclic) bond motifs is 1. The summed E-state index contributed by atoms with van der Waals surface area (Å²) in [6.07, 6.45) is 1.80. The maximum Gasteiger partial charge on any atom is 0.137 e. The molecule has 0 saturated carbocycles. The van der Waals surface area contributed by atoms with Crippen molar-refractivity contribution in [2.75, 3.05) is 0 Å². The molecule has 2 rings (SSSR count). The second-order valence-corrected chi connectivity index (χ2v) is 4.49. The zero-order chi connectivity index (χ0) is 12.4. The number of rotatable bonds is 4. The Balaban J connectivity index is 2.68. The molecule has 0 aliphatic rings. The number of benzene rings is 1. The summed E-state index contributed by atoms with van der Waals surface area (Å²) in [5, 5.41) is 1.20. The predicted molar refractivity (Wildman–Crippen MR) is 71.4 cm³/mol.